The first-order valence-electron chi connectivity index (χ1n) is 20.7. The van der Waals surface area contributed by atoms with Gasteiger partial charge < -0.3 is 9.47 Å². The number of hydrogen-bond donors (Lipinski definition) is 0. The fourth-order valence-electron chi connectivity index (χ4n) is 9.57. The Morgan fingerprint density at radius 2 is 0.917 bits per heavy atom. The molecule has 0 unspecified atom stereocenters. The molecule has 1 heterocycles. The summed E-state index contributed by atoms with van der Waals surface area (Å²) < 4.78 is 2.43. The van der Waals surface area contributed by atoms with Gasteiger partial charge in [-0.05, 0) is 121 Å². The molecule has 60 heavy (non-hydrogen) atoms. The summed E-state index contributed by atoms with van der Waals surface area (Å²) >= 11 is 0. The SMILES string of the molecule is c1ccc(-n2c3ccccc3c3c(-c4cccc(N(c5ccc(-c6ccc7ccccc7c6)cc5)c5cc6ccccc6c6ccccc56)c4)c4ccccc4cc32)cc1. The fourth-order valence-corrected chi connectivity index (χ4v) is 9.57. The van der Waals surface area contributed by atoms with Gasteiger partial charge in [0.25, 0.3) is 0 Å². The lowest BCUT2D eigenvalue weighted by Gasteiger charge is -2.28. The average Bonchev–Trinajstić information content (AvgIpc) is 3.65. The van der Waals surface area contributed by atoms with Crippen molar-refractivity contribution in [3.63, 3.8) is 0 Å². The van der Waals surface area contributed by atoms with Crippen molar-refractivity contribution >= 4 is 82.0 Å². The fraction of sp³-hybridized carbons (Fsp3) is 0. The Morgan fingerprint density at radius 3 is 1.72 bits per heavy atom. The van der Waals surface area contributed by atoms with Gasteiger partial charge in [0.1, 0.15) is 0 Å². The smallest absolute Gasteiger partial charge is 0.0553 e. The zero-order valence-corrected chi connectivity index (χ0v) is 32.8. The van der Waals surface area contributed by atoms with E-state index in [1.807, 2.05) is 0 Å². The van der Waals surface area contributed by atoms with Crippen LogP contribution in [0.1, 0.15) is 0 Å². The van der Waals surface area contributed by atoms with Crippen LogP contribution in [0.25, 0.3) is 92.8 Å². The number of anilines is 3. The molecule has 0 N–H and O–H groups in total. The summed E-state index contributed by atoms with van der Waals surface area (Å²) in [4.78, 5) is 2.46. The molecule has 0 spiro atoms. The van der Waals surface area contributed by atoms with Gasteiger partial charge in [-0.2, -0.15) is 0 Å². The first kappa shape index (κ1) is 34.1. The van der Waals surface area contributed by atoms with Gasteiger partial charge in [-0.3, -0.25) is 0 Å². The van der Waals surface area contributed by atoms with E-state index in [2.05, 4.69) is 240 Å². The van der Waals surface area contributed by atoms with Gasteiger partial charge >= 0.3 is 0 Å². The Labute approximate surface area is 348 Å². The maximum Gasteiger partial charge on any atom is 0.0553 e. The largest absolute Gasteiger partial charge is 0.310 e. The average molecular weight is 763 g/mol. The number of fused-ring (bicyclic) bond motifs is 8. The molecular formula is C58H38N2. The Kier molecular flexibility index (Phi) is 7.89. The van der Waals surface area contributed by atoms with Crippen LogP contribution in [0.3, 0.4) is 0 Å². The van der Waals surface area contributed by atoms with Crippen molar-refractivity contribution in [1.82, 2.24) is 4.57 Å². The highest BCUT2D eigenvalue weighted by molar-refractivity contribution is 6.23. The van der Waals surface area contributed by atoms with Crippen LogP contribution in [0.5, 0.6) is 0 Å². The van der Waals surface area contributed by atoms with Crippen molar-refractivity contribution in [2.45, 2.75) is 0 Å². The maximum absolute atomic E-state index is 2.46. The van der Waals surface area contributed by atoms with Gasteiger partial charge in [0.15, 0.2) is 0 Å². The summed E-state index contributed by atoms with van der Waals surface area (Å²) in [6, 6.07) is 84.4. The summed E-state index contributed by atoms with van der Waals surface area (Å²) in [7, 11) is 0. The zero-order valence-electron chi connectivity index (χ0n) is 32.8. The van der Waals surface area contributed by atoms with Gasteiger partial charge in [-0.25, -0.2) is 0 Å². The van der Waals surface area contributed by atoms with E-state index in [0.29, 0.717) is 0 Å². The van der Waals surface area contributed by atoms with E-state index in [4.69, 9.17) is 0 Å². The standard InChI is InChI=1S/C58H38N2/c1-2-20-46(21-3-1)60-54-28-13-12-27-53(54)58-56(60)38-44-18-7-9-24-50(44)57(58)45-19-14-22-48(36-45)59(55-37-43-17-6-8-23-49(43)51-25-10-11-26-52(51)55)47-33-31-40(32-34-47)42-30-29-39-15-4-5-16-41(39)35-42/h1-38H. The summed E-state index contributed by atoms with van der Waals surface area (Å²) in [6.07, 6.45) is 0. The van der Waals surface area contributed by atoms with Crippen LogP contribution in [0.2, 0.25) is 0 Å². The minimum atomic E-state index is 1.10. The lowest BCUT2D eigenvalue weighted by Crippen LogP contribution is -2.11. The number of hydrogen-bond acceptors (Lipinski definition) is 1. The van der Waals surface area contributed by atoms with Gasteiger partial charge in [0.05, 0.1) is 16.7 Å². The number of para-hydroxylation sites is 2. The molecule has 0 saturated carbocycles. The lowest BCUT2D eigenvalue weighted by molar-refractivity contribution is 1.18. The molecule has 0 aliphatic carbocycles. The van der Waals surface area contributed by atoms with Crippen molar-refractivity contribution in [1.29, 1.82) is 0 Å². The van der Waals surface area contributed by atoms with Crippen molar-refractivity contribution < 1.29 is 0 Å². The highest BCUT2D eigenvalue weighted by Crippen LogP contribution is 2.47. The van der Waals surface area contributed by atoms with E-state index < -0.39 is 0 Å². The Balaban J connectivity index is 1.11. The second-order valence-electron chi connectivity index (χ2n) is 15.7. The molecule has 1 aromatic heterocycles. The van der Waals surface area contributed by atoms with Gasteiger partial charge in [-0.15, -0.1) is 0 Å². The summed E-state index contributed by atoms with van der Waals surface area (Å²) in [6.45, 7) is 0. The third kappa shape index (κ3) is 5.50. The van der Waals surface area contributed by atoms with E-state index in [0.717, 1.165) is 22.7 Å². The van der Waals surface area contributed by atoms with Crippen LogP contribution in [0.4, 0.5) is 17.1 Å². The highest BCUT2D eigenvalue weighted by Gasteiger charge is 2.22. The highest BCUT2D eigenvalue weighted by atomic mass is 15.1. The molecule has 12 rings (SSSR count). The second kappa shape index (κ2) is 13.9. The van der Waals surface area contributed by atoms with Gasteiger partial charge in [0.2, 0.25) is 0 Å². The zero-order chi connectivity index (χ0) is 39.6. The number of aromatic nitrogens is 1. The van der Waals surface area contributed by atoms with Crippen molar-refractivity contribution in [2.24, 2.45) is 0 Å². The van der Waals surface area contributed by atoms with E-state index >= 15 is 0 Å². The molecule has 2 nitrogen and oxygen atoms in total. The molecule has 0 aliphatic heterocycles. The van der Waals surface area contributed by atoms with Crippen LogP contribution in [-0.2, 0) is 0 Å². The molecule has 0 amide bonds. The monoisotopic (exact) mass is 762 g/mol. The lowest BCUT2D eigenvalue weighted by atomic mass is 9.92. The van der Waals surface area contributed by atoms with E-state index in [1.165, 1.54) is 87.1 Å². The van der Waals surface area contributed by atoms with Gasteiger partial charge in [0, 0.05) is 33.2 Å². The Hall–Kier alpha value is -7.94. The number of benzene rings is 11. The van der Waals surface area contributed by atoms with E-state index in [9.17, 15) is 0 Å². The predicted octanol–water partition coefficient (Wildman–Crippen LogP) is 16.2. The molecular weight excluding hydrogens is 725 g/mol. The number of nitrogens with zero attached hydrogens (tertiary/aromatic N) is 2. The predicted molar refractivity (Wildman–Crippen MR) is 256 cm³/mol. The van der Waals surface area contributed by atoms with Gasteiger partial charge in [-0.1, -0.05) is 170 Å². The molecule has 0 atom stereocenters. The molecule has 11 aromatic carbocycles. The molecule has 12 aromatic rings. The molecule has 0 saturated heterocycles. The number of rotatable bonds is 6. The Morgan fingerprint density at radius 1 is 0.300 bits per heavy atom. The van der Waals surface area contributed by atoms with Crippen LogP contribution in [-0.4, -0.2) is 4.57 Å². The third-order valence-electron chi connectivity index (χ3n) is 12.3. The molecule has 0 aliphatic rings. The van der Waals surface area contributed by atoms with Crippen molar-refractivity contribution in [2.75, 3.05) is 4.90 Å². The minimum Gasteiger partial charge on any atom is -0.310 e. The second-order valence-corrected chi connectivity index (χ2v) is 15.7. The molecule has 280 valence electrons. The molecule has 2 heteroatoms. The Bertz CT molecular complexity index is 3600. The van der Waals surface area contributed by atoms with E-state index in [-0.39, 0.29) is 0 Å². The van der Waals surface area contributed by atoms with E-state index in [1.54, 1.807) is 0 Å². The summed E-state index contributed by atoms with van der Waals surface area (Å²) in [5.74, 6) is 0. The quantitative estimate of drug-likeness (QED) is 0.153. The first-order valence-corrected chi connectivity index (χ1v) is 20.7. The normalized spacial score (nSPS) is 11.7. The topological polar surface area (TPSA) is 8.17 Å². The molecule has 0 radical (unpaired) electrons. The van der Waals surface area contributed by atoms with Crippen LogP contribution in [0.15, 0.2) is 231 Å². The molecule has 0 bridgehead atoms. The maximum atomic E-state index is 2.46. The summed E-state index contributed by atoms with van der Waals surface area (Å²) in [5, 5.41) is 12.4. The third-order valence-corrected chi connectivity index (χ3v) is 12.3. The first-order chi connectivity index (χ1) is 29.8. The van der Waals surface area contributed by atoms with Crippen molar-refractivity contribution in [3.05, 3.63) is 231 Å². The molecule has 0 fully saturated rings. The van der Waals surface area contributed by atoms with Crippen LogP contribution >= 0.6 is 0 Å². The van der Waals surface area contributed by atoms with Crippen LogP contribution in [0, 0.1) is 0 Å². The summed E-state index contributed by atoms with van der Waals surface area (Å²) in [5.41, 5.74) is 11.7. The van der Waals surface area contributed by atoms with Crippen LogP contribution < -0.4 is 4.90 Å². The minimum absolute atomic E-state index is 1.10. The van der Waals surface area contributed by atoms with Crippen molar-refractivity contribution in [3.8, 4) is 27.9 Å².